The maximum absolute atomic E-state index is 12.8. The van der Waals surface area contributed by atoms with Crippen LogP contribution in [0.3, 0.4) is 0 Å². The molecule has 0 saturated heterocycles. The monoisotopic (exact) mass is 246 g/mol. The Balaban J connectivity index is 2.42. The lowest BCUT2D eigenvalue weighted by Gasteiger charge is -2.12. The van der Waals surface area contributed by atoms with Crippen molar-refractivity contribution in [1.29, 1.82) is 0 Å². The van der Waals surface area contributed by atoms with Crippen molar-refractivity contribution in [3.8, 4) is 0 Å². The summed E-state index contributed by atoms with van der Waals surface area (Å²) in [7, 11) is 0. The molecule has 0 radical (unpaired) electrons. The molecule has 1 aromatic carbocycles. The van der Waals surface area contributed by atoms with E-state index in [0.29, 0.717) is 5.69 Å². The Morgan fingerprint density at radius 3 is 3.00 bits per heavy atom. The zero-order chi connectivity index (χ0) is 12.0. The highest BCUT2D eigenvalue weighted by molar-refractivity contribution is 6.29. The van der Waals surface area contributed by atoms with Gasteiger partial charge in [0.1, 0.15) is 5.82 Å². The van der Waals surface area contributed by atoms with Crippen molar-refractivity contribution in [2.24, 2.45) is 0 Å². The zero-order valence-corrected chi connectivity index (χ0v) is 9.42. The first kappa shape index (κ1) is 12.7. The van der Waals surface area contributed by atoms with Crippen LogP contribution in [0, 0.1) is 5.82 Å². The van der Waals surface area contributed by atoms with Crippen LogP contribution in [0.2, 0.25) is 0 Å². The summed E-state index contributed by atoms with van der Waals surface area (Å²) in [6, 6.07) is 5.74. The highest BCUT2D eigenvalue weighted by Gasteiger charge is 2.15. The van der Waals surface area contributed by atoms with Gasteiger partial charge in [-0.3, -0.25) is 0 Å². The van der Waals surface area contributed by atoms with Crippen molar-refractivity contribution >= 4 is 23.3 Å². The molecule has 1 rings (SSSR count). The molecule has 1 atom stereocenters. The molecule has 0 aromatic heterocycles. The van der Waals surface area contributed by atoms with Crippen LogP contribution >= 0.6 is 11.6 Å². The summed E-state index contributed by atoms with van der Waals surface area (Å²) < 4.78 is 17.4. The van der Waals surface area contributed by atoms with E-state index in [1.54, 1.807) is 13.0 Å². The van der Waals surface area contributed by atoms with Gasteiger partial charge < -0.3 is 10.2 Å². The normalized spacial score (nSPS) is 11.9. The topological polar surface area (TPSA) is 50.4 Å². The number of nitrogens with one attached hydrogen (secondary N) is 2. The molecule has 2 N–H and O–H groups in total. The van der Waals surface area contributed by atoms with Gasteiger partial charge in [0.15, 0.2) is 5.50 Å². The molecule has 0 aliphatic rings. The largest absolute Gasteiger partial charge is 0.464 e. The Labute approximate surface area is 97.7 Å². The fourth-order valence-electron chi connectivity index (χ4n) is 0.987. The van der Waals surface area contributed by atoms with Crippen LogP contribution in [-0.2, 0) is 9.53 Å². The second-order valence-corrected chi connectivity index (χ2v) is 3.33. The van der Waals surface area contributed by atoms with Gasteiger partial charge in [0, 0.05) is 0 Å². The van der Waals surface area contributed by atoms with Gasteiger partial charge >= 0.3 is 5.97 Å². The fraction of sp³-hybridized carbons (Fsp3) is 0.300. The van der Waals surface area contributed by atoms with Crippen molar-refractivity contribution in [2.75, 3.05) is 12.0 Å². The van der Waals surface area contributed by atoms with Crippen molar-refractivity contribution in [3.05, 3.63) is 30.1 Å². The third kappa shape index (κ3) is 4.04. The molecular formula is C10H12ClFN2O2. The van der Waals surface area contributed by atoms with Gasteiger partial charge in [-0.25, -0.2) is 14.6 Å². The smallest absolute Gasteiger partial charge is 0.340 e. The van der Waals surface area contributed by atoms with Crippen LogP contribution in [0.25, 0.3) is 0 Å². The molecule has 0 fully saturated rings. The van der Waals surface area contributed by atoms with Crippen LogP contribution < -0.4 is 10.9 Å². The minimum absolute atomic E-state index is 0.254. The van der Waals surface area contributed by atoms with E-state index < -0.39 is 11.5 Å². The first-order chi connectivity index (χ1) is 7.63. The average Bonchev–Trinajstić information content (AvgIpc) is 2.26. The van der Waals surface area contributed by atoms with Crippen LogP contribution in [0.5, 0.6) is 0 Å². The molecule has 0 aliphatic carbocycles. The lowest BCUT2D eigenvalue weighted by atomic mass is 10.3. The summed E-state index contributed by atoms with van der Waals surface area (Å²) in [6.07, 6.45) is 0. The van der Waals surface area contributed by atoms with Gasteiger partial charge in [0.25, 0.3) is 0 Å². The Hall–Kier alpha value is -1.33. The number of rotatable bonds is 5. The average molecular weight is 247 g/mol. The Morgan fingerprint density at radius 2 is 2.38 bits per heavy atom. The number of benzene rings is 1. The molecule has 88 valence electrons. The first-order valence-electron chi connectivity index (χ1n) is 4.71. The van der Waals surface area contributed by atoms with Crippen LogP contribution in [0.4, 0.5) is 10.1 Å². The second-order valence-electron chi connectivity index (χ2n) is 2.89. The van der Waals surface area contributed by atoms with E-state index in [4.69, 9.17) is 11.6 Å². The number of hydrazine groups is 1. The Bertz CT molecular complexity index is 362. The summed E-state index contributed by atoms with van der Waals surface area (Å²) >= 11 is 5.66. The number of halogens is 2. The quantitative estimate of drug-likeness (QED) is 0.360. The van der Waals surface area contributed by atoms with Crippen LogP contribution in [-0.4, -0.2) is 18.1 Å². The maximum atomic E-state index is 12.8. The zero-order valence-electron chi connectivity index (χ0n) is 8.67. The number of carbonyl (C=O) groups is 1. The third-order valence-electron chi connectivity index (χ3n) is 1.66. The van der Waals surface area contributed by atoms with E-state index in [9.17, 15) is 9.18 Å². The van der Waals surface area contributed by atoms with E-state index >= 15 is 0 Å². The molecule has 0 amide bonds. The van der Waals surface area contributed by atoms with E-state index in [-0.39, 0.29) is 12.4 Å². The molecule has 0 aliphatic heterocycles. The summed E-state index contributed by atoms with van der Waals surface area (Å²) in [5.41, 5.74) is 4.53. The predicted octanol–water partition coefficient (Wildman–Crippen LogP) is 1.87. The Kier molecular flexibility index (Phi) is 5.01. The lowest BCUT2D eigenvalue weighted by Crippen LogP contribution is -2.37. The molecule has 0 heterocycles. The number of alkyl halides is 1. The summed E-state index contributed by atoms with van der Waals surface area (Å²) in [4.78, 5) is 11.1. The molecular weight excluding hydrogens is 235 g/mol. The standard InChI is InChI=1S/C10H12ClFN2O2/c1-2-16-10(15)9(11)14-13-8-5-3-4-7(12)6-8/h3-6,9,13-14H,2H2,1H3. The van der Waals surface area contributed by atoms with E-state index in [1.807, 2.05) is 0 Å². The maximum Gasteiger partial charge on any atom is 0.340 e. The predicted molar refractivity (Wildman–Crippen MR) is 59.4 cm³/mol. The summed E-state index contributed by atoms with van der Waals surface area (Å²) in [6.45, 7) is 1.94. The molecule has 1 aromatic rings. The van der Waals surface area contributed by atoms with Crippen molar-refractivity contribution in [3.63, 3.8) is 0 Å². The van der Waals surface area contributed by atoms with Crippen LogP contribution in [0.15, 0.2) is 24.3 Å². The van der Waals surface area contributed by atoms with Gasteiger partial charge in [-0.1, -0.05) is 17.7 Å². The lowest BCUT2D eigenvalue weighted by molar-refractivity contribution is -0.143. The third-order valence-corrected chi connectivity index (χ3v) is 1.95. The number of hydrogen-bond donors (Lipinski definition) is 2. The van der Waals surface area contributed by atoms with Gasteiger partial charge in [-0.2, -0.15) is 0 Å². The highest BCUT2D eigenvalue weighted by Crippen LogP contribution is 2.08. The SMILES string of the molecule is CCOC(=O)C(Cl)NNc1cccc(F)c1. The van der Waals surface area contributed by atoms with Crippen molar-refractivity contribution in [1.82, 2.24) is 5.43 Å². The molecule has 4 nitrogen and oxygen atoms in total. The summed E-state index contributed by atoms with van der Waals surface area (Å²) in [5.74, 6) is -0.970. The minimum Gasteiger partial charge on any atom is -0.464 e. The van der Waals surface area contributed by atoms with E-state index in [0.717, 1.165) is 0 Å². The molecule has 0 bridgehead atoms. The van der Waals surface area contributed by atoms with Crippen molar-refractivity contribution in [2.45, 2.75) is 12.4 Å². The number of ether oxygens (including phenoxy) is 1. The minimum atomic E-state index is -1.02. The van der Waals surface area contributed by atoms with Gasteiger partial charge in [0.2, 0.25) is 0 Å². The van der Waals surface area contributed by atoms with Gasteiger partial charge in [-0.05, 0) is 25.1 Å². The molecule has 1 unspecified atom stereocenters. The number of carbonyl (C=O) groups excluding carboxylic acids is 1. The second kappa shape index (κ2) is 6.30. The first-order valence-corrected chi connectivity index (χ1v) is 5.15. The fourth-order valence-corrected chi connectivity index (χ4v) is 1.10. The highest BCUT2D eigenvalue weighted by atomic mass is 35.5. The molecule has 0 spiro atoms. The van der Waals surface area contributed by atoms with Crippen molar-refractivity contribution < 1.29 is 13.9 Å². The van der Waals surface area contributed by atoms with Gasteiger partial charge in [-0.15, -0.1) is 0 Å². The molecule has 16 heavy (non-hydrogen) atoms. The number of anilines is 1. The summed E-state index contributed by atoms with van der Waals surface area (Å²) in [5, 5.41) is 0. The van der Waals surface area contributed by atoms with E-state index in [1.165, 1.54) is 18.2 Å². The molecule has 6 heteroatoms. The van der Waals surface area contributed by atoms with E-state index in [2.05, 4.69) is 15.6 Å². The number of esters is 1. The van der Waals surface area contributed by atoms with Gasteiger partial charge in [0.05, 0.1) is 12.3 Å². The Morgan fingerprint density at radius 1 is 1.62 bits per heavy atom. The number of hydrogen-bond acceptors (Lipinski definition) is 4. The van der Waals surface area contributed by atoms with Crippen LogP contribution in [0.1, 0.15) is 6.92 Å². The molecule has 0 saturated carbocycles.